The van der Waals surface area contributed by atoms with Crippen molar-refractivity contribution in [1.29, 1.82) is 0 Å². The van der Waals surface area contributed by atoms with E-state index >= 15 is 0 Å². The number of H-pyrrole nitrogens is 1. The Morgan fingerprint density at radius 2 is 2.29 bits per heavy atom. The lowest BCUT2D eigenvalue weighted by Gasteiger charge is -2.03. The minimum absolute atomic E-state index is 0.331. The third kappa shape index (κ3) is 2.87. The summed E-state index contributed by atoms with van der Waals surface area (Å²) in [6, 6.07) is 2.95. The number of nitrogens with one attached hydrogen (secondary N) is 1. The third-order valence-corrected chi connectivity index (χ3v) is 2.83. The number of nitrogens with zero attached hydrogens (tertiary/aromatic N) is 5. The van der Waals surface area contributed by atoms with E-state index in [4.69, 9.17) is 15.0 Å². The van der Waals surface area contributed by atoms with Crippen molar-refractivity contribution in [1.82, 2.24) is 30.3 Å². The molecule has 0 bridgehead atoms. The summed E-state index contributed by atoms with van der Waals surface area (Å²) in [5, 5.41) is 11.7. The second-order valence-corrected chi connectivity index (χ2v) is 4.30. The van der Waals surface area contributed by atoms with Crippen molar-refractivity contribution in [3.8, 4) is 17.4 Å². The molecule has 3 heterocycles. The van der Waals surface area contributed by atoms with Crippen LogP contribution in [0.15, 0.2) is 29.2 Å². The van der Waals surface area contributed by atoms with Crippen LogP contribution in [0.4, 0.5) is 0 Å². The molecule has 0 aliphatic heterocycles. The summed E-state index contributed by atoms with van der Waals surface area (Å²) in [5.74, 6) is 1.08. The number of hydrogen-bond donors (Lipinski definition) is 2. The molecule has 0 amide bonds. The summed E-state index contributed by atoms with van der Waals surface area (Å²) in [5.41, 5.74) is 7.40. The number of aromatic nitrogens is 6. The predicted molar refractivity (Wildman–Crippen MR) is 71.1 cm³/mol. The molecule has 0 unspecified atom stereocenters. The molecule has 3 aromatic heterocycles. The SMILES string of the molecule is COc1ccc(-c2noc([C@@H](N)Cc3cnc[nH]3)n2)nn1. The fraction of sp³-hybridized carbons (Fsp3) is 0.250. The number of rotatable bonds is 5. The number of aromatic amines is 1. The van der Waals surface area contributed by atoms with Crippen molar-refractivity contribution in [2.75, 3.05) is 7.11 Å². The molecule has 1 atom stereocenters. The molecule has 0 aliphatic rings. The Morgan fingerprint density at radius 3 is 2.95 bits per heavy atom. The quantitative estimate of drug-likeness (QED) is 0.694. The van der Waals surface area contributed by atoms with Gasteiger partial charge in [0.2, 0.25) is 17.6 Å². The van der Waals surface area contributed by atoms with Gasteiger partial charge in [0.15, 0.2) is 0 Å². The molecule has 0 saturated carbocycles. The largest absolute Gasteiger partial charge is 0.480 e. The van der Waals surface area contributed by atoms with E-state index in [0.717, 1.165) is 5.69 Å². The van der Waals surface area contributed by atoms with Crippen LogP contribution in [0.1, 0.15) is 17.6 Å². The van der Waals surface area contributed by atoms with E-state index in [1.165, 1.54) is 7.11 Å². The van der Waals surface area contributed by atoms with Crippen LogP contribution in [0, 0.1) is 0 Å². The van der Waals surface area contributed by atoms with Crippen LogP contribution in [0.5, 0.6) is 5.88 Å². The average Bonchev–Trinajstić information content (AvgIpc) is 3.18. The molecule has 0 radical (unpaired) electrons. The van der Waals surface area contributed by atoms with Crippen LogP contribution in [-0.4, -0.2) is 37.4 Å². The van der Waals surface area contributed by atoms with Gasteiger partial charge >= 0.3 is 0 Å². The van der Waals surface area contributed by atoms with Gasteiger partial charge in [0.05, 0.1) is 19.5 Å². The first kappa shape index (κ1) is 13.2. The number of nitrogens with two attached hydrogens (primary N) is 1. The Bertz CT molecular complexity index is 693. The van der Waals surface area contributed by atoms with Crippen LogP contribution in [0.25, 0.3) is 11.5 Å². The minimum Gasteiger partial charge on any atom is -0.480 e. The van der Waals surface area contributed by atoms with Gasteiger partial charge in [0, 0.05) is 24.4 Å². The Morgan fingerprint density at radius 1 is 1.38 bits per heavy atom. The highest BCUT2D eigenvalue weighted by atomic mass is 16.5. The standard InChI is InChI=1S/C12H13N7O2/c1-20-10-3-2-9(17-18-10)11-16-12(21-19-11)8(13)4-7-5-14-6-15-7/h2-3,5-6,8H,4,13H2,1H3,(H,14,15)/t8-/m0/s1. The first-order valence-electron chi connectivity index (χ1n) is 6.21. The van der Waals surface area contributed by atoms with E-state index in [0.29, 0.717) is 29.7 Å². The Hall–Kier alpha value is -2.81. The zero-order valence-corrected chi connectivity index (χ0v) is 11.2. The monoisotopic (exact) mass is 287 g/mol. The highest BCUT2D eigenvalue weighted by molar-refractivity contribution is 5.47. The Labute approximate surface area is 119 Å². The maximum Gasteiger partial charge on any atom is 0.244 e. The first-order chi connectivity index (χ1) is 10.3. The summed E-state index contributed by atoms with van der Waals surface area (Å²) < 4.78 is 10.1. The summed E-state index contributed by atoms with van der Waals surface area (Å²) in [4.78, 5) is 11.1. The Kier molecular flexibility index (Phi) is 3.56. The molecule has 9 nitrogen and oxygen atoms in total. The molecule has 9 heteroatoms. The lowest BCUT2D eigenvalue weighted by atomic mass is 10.2. The smallest absolute Gasteiger partial charge is 0.244 e. The van der Waals surface area contributed by atoms with Gasteiger partial charge in [-0.3, -0.25) is 0 Å². The number of methoxy groups -OCH3 is 1. The fourth-order valence-electron chi connectivity index (χ4n) is 1.76. The van der Waals surface area contributed by atoms with Crippen LogP contribution < -0.4 is 10.5 Å². The molecular weight excluding hydrogens is 274 g/mol. The fourth-order valence-corrected chi connectivity index (χ4v) is 1.76. The first-order valence-corrected chi connectivity index (χ1v) is 6.21. The molecule has 3 N–H and O–H groups in total. The second-order valence-electron chi connectivity index (χ2n) is 4.30. The lowest BCUT2D eigenvalue weighted by Crippen LogP contribution is -2.14. The normalized spacial score (nSPS) is 12.3. The highest BCUT2D eigenvalue weighted by Crippen LogP contribution is 2.18. The van der Waals surface area contributed by atoms with Gasteiger partial charge in [-0.15, -0.1) is 10.2 Å². The number of hydrogen-bond acceptors (Lipinski definition) is 8. The van der Waals surface area contributed by atoms with E-state index < -0.39 is 6.04 Å². The zero-order valence-electron chi connectivity index (χ0n) is 11.2. The predicted octanol–water partition coefficient (Wildman–Crippen LogP) is 0.501. The van der Waals surface area contributed by atoms with Crippen molar-refractivity contribution in [3.05, 3.63) is 36.2 Å². The van der Waals surface area contributed by atoms with Crippen molar-refractivity contribution >= 4 is 0 Å². The van der Waals surface area contributed by atoms with Crippen molar-refractivity contribution < 1.29 is 9.26 Å². The molecule has 0 saturated heterocycles. The summed E-state index contributed by atoms with van der Waals surface area (Å²) in [6.45, 7) is 0. The summed E-state index contributed by atoms with van der Waals surface area (Å²) in [7, 11) is 1.52. The van der Waals surface area contributed by atoms with Gasteiger partial charge in [0.25, 0.3) is 0 Å². The molecule has 0 aromatic carbocycles. The van der Waals surface area contributed by atoms with E-state index in [2.05, 4.69) is 30.3 Å². The maximum absolute atomic E-state index is 6.02. The number of imidazole rings is 1. The zero-order chi connectivity index (χ0) is 14.7. The van der Waals surface area contributed by atoms with Gasteiger partial charge in [-0.05, 0) is 6.07 Å². The molecular formula is C12H13N7O2. The molecule has 0 fully saturated rings. The molecule has 21 heavy (non-hydrogen) atoms. The summed E-state index contributed by atoms with van der Waals surface area (Å²) >= 11 is 0. The highest BCUT2D eigenvalue weighted by Gasteiger charge is 2.17. The van der Waals surface area contributed by atoms with Crippen LogP contribution in [0.2, 0.25) is 0 Å². The molecule has 3 aromatic rings. The van der Waals surface area contributed by atoms with Gasteiger partial charge in [0.1, 0.15) is 5.69 Å². The van der Waals surface area contributed by atoms with Gasteiger partial charge < -0.3 is 20.0 Å². The van der Waals surface area contributed by atoms with Gasteiger partial charge in [-0.25, -0.2) is 4.98 Å². The molecule has 0 spiro atoms. The third-order valence-electron chi connectivity index (χ3n) is 2.83. The molecule has 0 aliphatic carbocycles. The lowest BCUT2D eigenvalue weighted by molar-refractivity contribution is 0.353. The average molecular weight is 287 g/mol. The van der Waals surface area contributed by atoms with Crippen molar-refractivity contribution in [2.24, 2.45) is 5.73 Å². The minimum atomic E-state index is -0.419. The van der Waals surface area contributed by atoms with Crippen LogP contribution in [-0.2, 0) is 6.42 Å². The van der Waals surface area contributed by atoms with E-state index in [1.54, 1.807) is 24.7 Å². The Balaban J connectivity index is 1.75. The van der Waals surface area contributed by atoms with Crippen molar-refractivity contribution in [2.45, 2.75) is 12.5 Å². The topological polar surface area (TPSA) is 129 Å². The van der Waals surface area contributed by atoms with E-state index in [-0.39, 0.29) is 0 Å². The number of ether oxygens (including phenoxy) is 1. The second kappa shape index (κ2) is 5.67. The van der Waals surface area contributed by atoms with Gasteiger partial charge in [-0.1, -0.05) is 5.16 Å². The van der Waals surface area contributed by atoms with E-state index in [9.17, 15) is 0 Å². The molecule has 3 rings (SSSR count). The van der Waals surface area contributed by atoms with Crippen molar-refractivity contribution in [3.63, 3.8) is 0 Å². The maximum atomic E-state index is 6.02. The molecule has 108 valence electrons. The van der Waals surface area contributed by atoms with Gasteiger partial charge in [-0.2, -0.15) is 4.98 Å². The van der Waals surface area contributed by atoms with E-state index in [1.807, 2.05) is 0 Å². The van der Waals surface area contributed by atoms with Crippen LogP contribution in [0.3, 0.4) is 0 Å². The summed E-state index contributed by atoms with van der Waals surface area (Å²) in [6.07, 6.45) is 3.82. The van der Waals surface area contributed by atoms with Crippen LogP contribution >= 0.6 is 0 Å².